The van der Waals surface area contributed by atoms with E-state index in [1.165, 1.54) is 36.6 Å². The fourth-order valence-corrected chi connectivity index (χ4v) is 3.55. The van der Waals surface area contributed by atoms with E-state index in [4.69, 9.17) is 0 Å². The number of nitrogens with zero attached hydrogens (tertiary/aromatic N) is 2. The summed E-state index contributed by atoms with van der Waals surface area (Å²) < 4.78 is 1.58. The molecule has 1 amide bonds. The van der Waals surface area contributed by atoms with Gasteiger partial charge in [0.05, 0.1) is 5.25 Å². The van der Waals surface area contributed by atoms with E-state index in [2.05, 4.69) is 21.6 Å². The minimum absolute atomic E-state index is 0.00935. The van der Waals surface area contributed by atoms with Crippen molar-refractivity contribution in [2.75, 3.05) is 6.54 Å². The summed E-state index contributed by atoms with van der Waals surface area (Å²) in [7, 11) is 0. The Labute approximate surface area is 141 Å². The molecule has 0 aliphatic heterocycles. The number of rotatable bonds is 8. The zero-order valence-corrected chi connectivity index (χ0v) is 14.7. The van der Waals surface area contributed by atoms with Crippen LogP contribution < -0.4 is 11.0 Å². The molecule has 2 N–H and O–H groups in total. The van der Waals surface area contributed by atoms with E-state index in [1.807, 2.05) is 13.8 Å². The molecular formula is C16H26N4O2S. The van der Waals surface area contributed by atoms with E-state index >= 15 is 0 Å². The van der Waals surface area contributed by atoms with Crippen molar-refractivity contribution in [2.24, 2.45) is 0 Å². The first-order valence-electron chi connectivity index (χ1n) is 8.39. The van der Waals surface area contributed by atoms with Gasteiger partial charge in [-0.25, -0.2) is 9.89 Å². The molecule has 1 aliphatic rings. The number of hydrogen-bond donors (Lipinski definition) is 2. The van der Waals surface area contributed by atoms with Crippen LogP contribution in [0.2, 0.25) is 0 Å². The van der Waals surface area contributed by atoms with Gasteiger partial charge in [-0.3, -0.25) is 9.36 Å². The average molecular weight is 338 g/mol. The van der Waals surface area contributed by atoms with Crippen molar-refractivity contribution in [3.05, 3.63) is 22.1 Å². The molecule has 1 aromatic rings. The Balaban J connectivity index is 1.80. The van der Waals surface area contributed by atoms with Crippen molar-refractivity contribution in [1.29, 1.82) is 0 Å². The zero-order chi connectivity index (χ0) is 16.7. The predicted octanol–water partition coefficient (Wildman–Crippen LogP) is 2.47. The molecule has 1 unspecified atom stereocenters. The molecule has 1 atom stereocenters. The third kappa shape index (κ3) is 5.27. The third-order valence-corrected chi connectivity index (χ3v) is 5.04. The standard InChI is InChI=1S/C16H26N4O2S/c1-3-11-20-15(22)18-19-16(20)23-12(2)14(21)17-10-9-13-7-5-4-6-8-13/h7,12H,3-6,8-11H2,1-2H3,(H,17,21)(H,18,22). The molecule has 0 radical (unpaired) electrons. The Morgan fingerprint density at radius 1 is 1.52 bits per heavy atom. The second kappa shape index (κ2) is 8.96. The average Bonchev–Trinajstić information content (AvgIpc) is 2.89. The van der Waals surface area contributed by atoms with Crippen LogP contribution in [0.4, 0.5) is 0 Å². The number of thioether (sulfide) groups is 1. The molecule has 1 aromatic heterocycles. The van der Waals surface area contributed by atoms with Gasteiger partial charge in [-0.1, -0.05) is 30.3 Å². The summed E-state index contributed by atoms with van der Waals surface area (Å²) in [5, 5.41) is 9.74. The molecule has 1 heterocycles. The normalized spacial score (nSPS) is 16.0. The van der Waals surface area contributed by atoms with Crippen LogP contribution >= 0.6 is 11.8 Å². The largest absolute Gasteiger partial charge is 0.355 e. The van der Waals surface area contributed by atoms with Gasteiger partial charge in [0.2, 0.25) is 5.91 Å². The molecule has 0 spiro atoms. The highest BCUT2D eigenvalue weighted by atomic mass is 32.2. The van der Waals surface area contributed by atoms with Crippen LogP contribution in [-0.2, 0) is 11.3 Å². The molecule has 0 saturated carbocycles. The number of amides is 1. The molecule has 2 rings (SSSR count). The number of H-pyrrole nitrogens is 1. The monoisotopic (exact) mass is 338 g/mol. The summed E-state index contributed by atoms with van der Waals surface area (Å²) in [4.78, 5) is 23.8. The predicted molar refractivity (Wildman–Crippen MR) is 92.6 cm³/mol. The SMILES string of the molecule is CCCn1c(SC(C)C(=O)NCCC2=CCCCC2)n[nH]c1=O. The van der Waals surface area contributed by atoms with Gasteiger partial charge >= 0.3 is 5.69 Å². The van der Waals surface area contributed by atoms with Crippen LogP contribution in [0.25, 0.3) is 0 Å². The smallest absolute Gasteiger partial charge is 0.343 e. The van der Waals surface area contributed by atoms with Gasteiger partial charge in [0.25, 0.3) is 0 Å². The van der Waals surface area contributed by atoms with E-state index in [0.29, 0.717) is 18.2 Å². The number of aromatic nitrogens is 3. The molecule has 0 aromatic carbocycles. The third-order valence-electron chi connectivity index (χ3n) is 3.95. The zero-order valence-electron chi connectivity index (χ0n) is 13.9. The molecule has 0 saturated heterocycles. The van der Waals surface area contributed by atoms with Gasteiger partial charge in [-0.05, 0) is 45.4 Å². The Morgan fingerprint density at radius 2 is 2.35 bits per heavy atom. The summed E-state index contributed by atoms with van der Waals surface area (Å²) in [5.41, 5.74) is 1.24. The number of aromatic amines is 1. The Kier molecular flexibility index (Phi) is 6.95. The van der Waals surface area contributed by atoms with Crippen LogP contribution in [0.5, 0.6) is 0 Å². The molecule has 0 bridgehead atoms. The van der Waals surface area contributed by atoms with Crippen LogP contribution in [0.1, 0.15) is 52.4 Å². The quantitative estimate of drug-likeness (QED) is 0.564. The highest BCUT2D eigenvalue weighted by Gasteiger charge is 2.18. The minimum atomic E-state index is -0.277. The Bertz CT molecular complexity index is 605. The first-order chi connectivity index (χ1) is 11.1. The highest BCUT2D eigenvalue weighted by molar-refractivity contribution is 8.00. The summed E-state index contributed by atoms with van der Waals surface area (Å²) >= 11 is 1.32. The fraction of sp³-hybridized carbons (Fsp3) is 0.688. The van der Waals surface area contributed by atoms with Gasteiger partial charge in [0.15, 0.2) is 5.16 Å². The van der Waals surface area contributed by atoms with Gasteiger partial charge in [-0.15, -0.1) is 5.10 Å². The van der Waals surface area contributed by atoms with Gasteiger partial charge in [0.1, 0.15) is 0 Å². The van der Waals surface area contributed by atoms with Gasteiger partial charge < -0.3 is 5.32 Å². The van der Waals surface area contributed by atoms with Gasteiger partial charge in [-0.2, -0.15) is 0 Å². The van der Waals surface area contributed by atoms with E-state index < -0.39 is 0 Å². The summed E-state index contributed by atoms with van der Waals surface area (Å²) in [5.74, 6) is -0.00935. The maximum Gasteiger partial charge on any atom is 0.343 e. The van der Waals surface area contributed by atoms with E-state index in [1.54, 1.807) is 4.57 Å². The lowest BCUT2D eigenvalue weighted by Crippen LogP contribution is -2.32. The molecule has 7 heteroatoms. The molecule has 23 heavy (non-hydrogen) atoms. The minimum Gasteiger partial charge on any atom is -0.355 e. The number of carbonyl (C=O) groups is 1. The lowest BCUT2D eigenvalue weighted by Gasteiger charge is -2.15. The van der Waals surface area contributed by atoms with E-state index in [9.17, 15) is 9.59 Å². The lowest BCUT2D eigenvalue weighted by atomic mass is 9.97. The van der Waals surface area contributed by atoms with Crippen molar-refractivity contribution in [3.8, 4) is 0 Å². The maximum atomic E-state index is 12.2. The number of allylic oxidation sites excluding steroid dienone is 1. The highest BCUT2D eigenvalue weighted by Crippen LogP contribution is 2.21. The van der Waals surface area contributed by atoms with Crippen LogP contribution in [0.15, 0.2) is 21.6 Å². The van der Waals surface area contributed by atoms with Crippen LogP contribution in [0, 0.1) is 0 Å². The fourth-order valence-electron chi connectivity index (χ4n) is 2.65. The van der Waals surface area contributed by atoms with Gasteiger partial charge in [0, 0.05) is 13.1 Å². The number of hydrogen-bond acceptors (Lipinski definition) is 4. The molecule has 0 fully saturated rings. The van der Waals surface area contributed by atoms with Crippen molar-refractivity contribution >= 4 is 17.7 Å². The summed E-state index contributed by atoms with van der Waals surface area (Å²) in [6.07, 6.45) is 8.98. The Morgan fingerprint density at radius 3 is 3.04 bits per heavy atom. The topological polar surface area (TPSA) is 79.8 Å². The van der Waals surface area contributed by atoms with Crippen LogP contribution in [-0.4, -0.2) is 32.5 Å². The first-order valence-corrected chi connectivity index (χ1v) is 9.27. The van der Waals surface area contributed by atoms with Crippen molar-refractivity contribution in [1.82, 2.24) is 20.1 Å². The second-order valence-electron chi connectivity index (χ2n) is 5.87. The van der Waals surface area contributed by atoms with Crippen molar-refractivity contribution < 1.29 is 4.79 Å². The van der Waals surface area contributed by atoms with Crippen molar-refractivity contribution in [3.63, 3.8) is 0 Å². The Hall–Kier alpha value is -1.50. The number of nitrogens with one attached hydrogen (secondary N) is 2. The summed E-state index contributed by atoms with van der Waals surface area (Å²) in [6.45, 7) is 5.14. The summed E-state index contributed by atoms with van der Waals surface area (Å²) in [6, 6.07) is 0. The molecular weight excluding hydrogens is 312 g/mol. The van der Waals surface area contributed by atoms with Crippen LogP contribution in [0.3, 0.4) is 0 Å². The van der Waals surface area contributed by atoms with E-state index in [0.717, 1.165) is 19.3 Å². The molecule has 6 nitrogen and oxygen atoms in total. The molecule has 128 valence electrons. The number of carbonyl (C=O) groups excluding carboxylic acids is 1. The maximum absolute atomic E-state index is 12.2. The second-order valence-corrected chi connectivity index (χ2v) is 7.18. The van der Waals surface area contributed by atoms with Crippen molar-refractivity contribution in [2.45, 2.75) is 69.3 Å². The molecule has 1 aliphatic carbocycles. The first kappa shape index (κ1) is 17.8. The lowest BCUT2D eigenvalue weighted by molar-refractivity contribution is -0.120. The van der Waals surface area contributed by atoms with E-state index in [-0.39, 0.29) is 16.8 Å².